The molecule has 0 atom stereocenters. The van der Waals surface area contributed by atoms with Crippen LogP contribution in [0.5, 0.6) is 17.8 Å². The highest BCUT2D eigenvalue weighted by Crippen LogP contribution is 2.30. The summed E-state index contributed by atoms with van der Waals surface area (Å²) in [7, 11) is 4.51. The molecule has 6 nitrogen and oxygen atoms in total. The number of hydrogen-bond acceptors (Lipinski definition) is 6. The zero-order valence-electron chi connectivity index (χ0n) is 10.7. The van der Waals surface area contributed by atoms with Crippen molar-refractivity contribution in [3.63, 3.8) is 0 Å². The van der Waals surface area contributed by atoms with E-state index in [1.54, 1.807) is 18.3 Å². The summed E-state index contributed by atoms with van der Waals surface area (Å²) in [5.74, 6) is 0.754. The maximum Gasteiger partial charge on any atom is 0.319 e. The third-order valence-electron chi connectivity index (χ3n) is 2.36. The largest absolute Gasteiger partial charge is 0.481 e. The van der Waals surface area contributed by atoms with Gasteiger partial charge in [-0.2, -0.15) is 4.98 Å². The zero-order chi connectivity index (χ0) is 13.8. The summed E-state index contributed by atoms with van der Waals surface area (Å²) >= 11 is 6.01. The number of aromatic nitrogens is 3. The normalized spacial score (nSPS) is 10.1. The fourth-order valence-corrected chi connectivity index (χ4v) is 1.69. The fraction of sp³-hybridized carbons (Fsp3) is 0.250. The van der Waals surface area contributed by atoms with Crippen molar-refractivity contribution >= 4 is 11.6 Å². The molecule has 0 aliphatic heterocycles. The van der Waals surface area contributed by atoms with Gasteiger partial charge in [0.15, 0.2) is 0 Å². The average molecular weight is 282 g/mol. The summed E-state index contributed by atoms with van der Waals surface area (Å²) in [6.07, 6.45) is 1.56. The molecule has 0 N–H and O–H groups in total. The summed E-state index contributed by atoms with van der Waals surface area (Å²) in [5, 5.41) is 0.500. The molecule has 0 aromatic carbocycles. The first-order valence-corrected chi connectivity index (χ1v) is 5.72. The monoisotopic (exact) mass is 281 g/mol. The van der Waals surface area contributed by atoms with Gasteiger partial charge >= 0.3 is 6.01 Å². The van der Waals surface area contributed by atoms with Crippen LogP contribution in [0.15, 0.2) is 18.3 Å². The van der Waals surface area contributed by atoms with E-state index in [-0.39, 0.29) is 6.01 Å². The lowest BCUT2D eigenvalue weighted by Crippen LogP contribution is -1.99. The lowest BCUT2D eigenvalue weighted by Gasteiger charge is -2.09. The molecule has 0 saturated heterocycles. The van der Waals surface area contributed by atoms with Crippen LogP contribution < -0.4 is 14.2 Å². The van der Waals surface area contributed by atoms with E-state index >= 15 is 0 Å². The van der Waals surface area contributed by atoms with Crippen LogP contribution in [0.2, 0.25) is 5.02 Å². The van der Waals surface area contributed by atoms with Gasteiger partial charge in [-0.25, -0.2) is 9.97 Å². The Morgan fingerprint density at radius 2 is 1.79 bits per heavy atom. The Hall–Kier alpha value is -2.08. The Kier molecular flexibility index (Phi) is 4.01. The van der Waals surface area contributed by atoms with E-state index in [1.807, 2.05) is 0 Å². The Balaban J connectivity index is 2.54. The molecule has 0 aliphatic rings. The Labute approximate surface area is 115 Å². The molecule has 19 heavy (non-hydrogen) atoms. The topological polar surface area (TPSA) is 66.4 Å². The first-order valence-electron chi connectivity index (χ1n) is 5.35. The molecule has 0 unspecified atom stereocenters. The summed E-state index contributed by atoms with van der Waals surface area (Å²) in [6.45, 7) is 0. The van der Waals surface area contributed by atoms with E-state index in [9.17, 15) is 0 Å². The van der Waals surface area contributed by atoms with Gasteiger partial charge in [0.1, 0.15) is 0 Å². The van der Waals surface area contributed by atoms with Crippen LogP contribution in [-0.2, 0) is 0 Å². The molecule has 0 saturated carbocycles. The SMILES string of the molecule is COc1cc(Cl)cc(-c2cnc(OC)nc2OC)n1. The molecule has 0 bridgehead atoms. The Morgan fingerprint density at radius 3 is 2.42 bits per heavy atom. The quantitative estimate of drug-likeness (QED) is 0.856. The van der Waals surface area contributed by atoms with Gasteiger partial charge in [0.05, 0.1) is 32.6 Å². The van der Waals surface area contributed by atoms with E-state index in [4.69, 9.17) is 25.8 Å². The molecule has 0 spiro atoms. The molecule has 2 aromatic rings. The minimum absolute atomic E-state index is 0.217. The molecule has 0 radical (unpaired) electrons. The van der Waals surface area contributed by atoms with E-state index in [1.165, 1.54) is 21.3 Å². The molecule has 2 heterocycles. The van der Waals surface area contributed by atoms with E-state index < -0.39 is 0 Å². The van der Waals surface area contributed by atoms with Gasteiger partial charge in [-0.05, 0) is 6.07 Å². The second-order valence-electron chi connectivity index (χ2n) is 3.49. The molecule has 0 amide bonds. The number of pyridine rings is 1. The molecule has 2 rings (SSSR count). The highest BCUT2D eigenvalue weighted by molar-refractivity contribution is 6.30. The lowest BCUT2D eigenvalue weighted by molar-refractivity contribution is 0.353. The molecule has 7 heteroatoms. The molecule has 2 aromatic heterocycles. The summed E-state index contributed by atoms with van der Waals surface area (Å²) in [4.78, 5) is 12.4. The summed E-state index contributed by atoms with van der Waals surface area (Å²) < 4.78 is 15.2. The van der Waals surface area contributed by atoms with Crippen LogP contribution in [0.1, 0.15) is 0 Å². The van der Waals surface area contributed by atoms with Crippen molar-refractivity contribution < 1.29 is 14.2 Å². The van der Waals surface area contributed by atoms with Crippen molar-refractivity contribution in [2.24, 2.45) is 0 Å². The Morgan fingerprint density at radius 1 is 1.00 bits per heavy atom. The van der Waals surface area contributed by atoms with Crippen molar-refractivity contribution in [1.29, 1.82) is 0 Å². The van der Waals surface area contributed by atoms with E-state index in [0.29, 0.717) is 28.0 Å². The second kappa shape index (κ2) is 5.71. The number of methoxy groups -OCH3 is 3. The third kappa shape index (κ3) is 2.85. The maximum absolute atomic E-state index is 6.01. The molecule has 100 valence electrons. The highest BCUT2D eigenvalue weighted by atomic mass is 35.5. The standard InChI is InChI=1S/C12H12ClN3O3/c1-17-10-5-7(13)4-9(15-10)8-6-14-12(19-3)16-11(8)18-2/h4-6H,1-3H3. The lowest BCUT2D eigenvalue weighted by atomic mass is 10.2. The van der Waals surface area contributed by atoms with Crippen LogP contribution in [-0.4, -0.2) is 36.3 Å². The van der Waals surface area contributed by atoms with Gasteiger partial charge < -0.3 is 14.2 Å². The van der Waals surface area contributed by atoms with Crippen LogP contribution in [0.3, 0.4) is 0 Å². The molecular weight excluding hydrogens is 270 g/mol. The van der Waals surface area contributed by atoms with Crippen LogP contribution in [0.25, 0.3) is 11.3 Å². The van der Waals surface area contributed by atoms with Gasteiger partial charge in [0.2, 0.25) is 11.8 Å². The summed E-state index contributed by atoms with van der Waals surface area (Å²) in [5.41, 5.74) is 1.16. The molecule has 0 fully saturated rings. The van der Waals surface area contributed by atoms with Crippen LogP contribution in [0.4, 0.5) is 0 Å². The third-order valence-corrected chi connectivity index (χ3v) is 2.58. The van der Waals surface area contributed by atoms with Crippen molar-refractivity contribution in [3.05, 3.63) is 23.4 Å². The van der Waals surface area contributed by atoms with Gasteiger partial charge in [-0.3, -0.25) is 0 Å². The first-order chi connectivity index (χ1) is 9.17. The molecule has 0 aliphatic carbocycles. The maximum atomic E-state index is 6.01. The minimum Gasteiger partial charge on any atom is -0.481 e. The van der Waals surface area contributed by atoms with Crippen LogP contribution in [0, 0.1) is 0 Å². The first kappa shape index (κ1) is 13.4. The van der Waals surface area contributed by atoms with Crippen LogP contribution >= 0.6 is 11.6 Å². The number of hydrogen-bond donors (Lipinski definition) is 0. The van der Waals surface area contributed by atoms with Crippen molar-refractivity contribution in [2.45, 2.75) is 0 Å². The predicted octanol–water partition coefficient (Wildman–Crippen LogP) is 2.22. The van der Waals surface area contributed by atoms with E-state index in [2.05, 4.69) is 15.0 Å². The average Bonchev–Trinajstić information content (AvgIpc) is 2.45. The van der Waals surface area contributed by atoms with Gasteiger partial charge in [0.25, 0.3) is 0 Å². The minimum atomic E-state index is 0.217. The Bertz CT molecular complexity index is 592. The highest BCUT2D eigenvalue weighted by Gasteiger charge is 2.13. The number of halogens is 1. The van der Waals surface area contributed by atoms with Crippen molar-refractivity contribution in [1.82, 2.24) is 15.0 Å². The predicted molar refractivity (Wildman–Crippen MR) is 69.9 cm³/mol. The fourth-order valence-electron chi connectivity index (χ4n) is 1.50. The van der Waals surface area contributed by atoms with Gasteiger partial charge in [-0.15, -0.1) is 0 Å². The summed E-state index contributed by atoms with van der Waals surface area (Å²) in [6, 6.07) is 3.51. The van der Waals surface area contributed by atoms with E-state index in [0.717, 1.165) is 0 Å². The smallest absolute Gasteiger partial charge is 0.319 e. The number of ether oxygens (including phenoxy) is 3. The van der Waals surface area contributed by atoms with Crippen molar-refractivity contribution in [2.75, 3.05) is 21.3 Å². The van der Waals surface area contributed by atoms with Gasteiger partial charge in [0, 0.05) is 17.3 Å². The van der Waals surface area contributed by atoms with Gasteiger partial charge in [-0.1, -0.05) is 11.6 Å². The zero-order valence-corrected chi connectivity index (χ0v) is 11.4. The molecular formula is C12H12ClN3O3. The number of nitrogens with zero attached hydrogens (tertiary/aromatic N) is 3. The number of rotatable bonds is 4. The second-order valence-corrected chi connectivity index (χ2v) is 3.93. The van der Waals surface area contributed by atoms with Crippen molar-refractivity contribution in [3.8, 4) is 29.0 Å².